The van der Waals surface area contributed by atoms with Crippen molar-refractivity contribution in [1.82, 2.24) is 4.57 Å². The van der Waals surface area contributed by atoms with Crippen LogP contribution in [0.5, 0.6) is 11.5 Å². The molecule has 0 spiro atoms. The molecule has 0 fully saturated rings. The SMILES string of the molecule is COc1ccc(OC)c(-n2cc(C)ccc2=O)c1. The summed E-state index contributed by atoms with van der Waals surface area (Å²) in [5.74, 6) is 1.31. The molecule has 0 radical (unpaired) electrons. The van der Waals surface area contributed by atoms with Crippen LogP contribution in [0.15, 0.2) is 41.3 Å². The van der Waals surface area contributed by atoms with Gasteiger partial charge >= 0.3 is 0 Å². The first kappa shape index (κ1) is 12.2. The first-order chi connectivity index (χ1) is 8.65. The van der Waals surface area contributed by atoms with Gasteiger partial charge in [-0.05, 0) is 24.6 Å². The van der Waals surface area contributed by atoms with Gasteiger partial charge in [0.25, 0.3) is 5.56 Å². The quantitative estimate of drug-likeness (QED) is 0.832. The van der Waals surface area contributed by atoms with Crippen LogP contribution in [0.2, 0.25) is 0 Å². The van der Waals surface area contributed by atoms with Gasteiger partial charge < -0.3 is 9.47 Å². The molecule has 0 bridgehead atoms. The van der Waals surface area contributed by atoms with Crippen molar-refractivity contribution in [2.24, 2.45) is 0 Å². The Morgan fingerprint density at radius 1 is 1.06 bits per heavy atom. The number of aromatic nitrogens is 1. The van der Waals surface area contributed by atoms with E-state index < -0.39 is 0 Å². The van der Waals surface area contributed by atoms with Crippen molar-refractivity contribution >= 4 is 0 Å². The number of ether oxygens (including phenoxy) is 2. The Kier molecular flexibility index (Phi) is 3.37. The summed E-state index contributed by atoms with van der Waals surface area (Å²) in [6.45, 7) is 1.93. The van der Waals surface area contributed by atoms with E-state index in [0.717, 1.165) is 5.56 Å². The third kappa shape index (κ3) is 2.22. The highest BCUT2D eigenvalue weighted by Crippen LogP contribution is 2.26. The van der Waals surface area contributed by atoms with Crippen LogP contribution < -0.4 is 15.0 Å². The summed E-state index contributed by atoms with van der Waals surface area (Å²) < 4.78 is 12.0. The molecule has 2 aromatic rings. The van der Waals surface area contributed by atoms with E-state index in [1.54, 1.807) is 49.2 Å². The molecule has 0 aliphatic carbocycles. The fourth-order valence-electron chi connectivity index (χ4n) is 1.77. The lowest BCUT2D eigenvalue weighted by Crippen LogP contribution is -2.17. The van der Waals surface area contributed by atoms with Gasteiger partial charge in [0.1, 0.15) is 11.5 Å². The molecule has 2 rings (SSSR count). The van der Waals surface area contributed by atoms with E-state index in [4.69, 9.17) is 9.47 Å². The van der Waals surface area contributed by atoms with E-state index in [1.807, 2.05) is 6.92 Å². The smallest absolute Gasteiger partial charge is 0.255 e. The average Bonchev–Trinajstić information content (AvgIpc) is 2.40. The molecule has 0 aliphatic rings. The summed E-state index contributed by atoms with van der Waals surface area (Å²) in [6.07, 6.45) is 1.78. The maximum Gasteiger partial charge on any atom is 0.255 e. The minimum atomic E-state index is -0.104. The average molecular weight is 245 g/mol. The van der Waals surface area contributed by atoms with E-state index in [9.17, 15) is 4.79 Å². The Hall–Kier alpha value is -2.23. The van der Waals surface area contributed by atoms with E-state index >= 15 is 0 Å². The maximum atomic E-state index is 11.9. The second-order valence-corrected chi connectivity index (χ2v) is 3.95. The van der Waals surface area contributed by atoms with Crippen LogP contribution in [0, 0.1) is 6.92 Å². The van der Waals surface area contributed by atoms with Gasteiger partial charge in [-0.15, -0.1) is 0 Å². The van der Waals surface area contributed by atoms with Gasteiger partial charge in [0.05, 0.1) is 19.9 Å². The molecule has 1 aromatic carbocycles. The van der Waals surface area contributed by atoms with Gasteiger partial charge in [-0.1, -0.05) is 6.07 Å². The zero-order chi connectivity index (χ0) is 13.1. The highest BCUT2D eigenvalue weighted by atomic mass is 16.5. The van der Waals surface area contributed by atoms with Crippen LogP contribution in [0.1, 0.15) is 5.56 Å². The van der Waals surface area contributed by atoms with E-state index in [-0.39, 0.29) is 5.56 Å². The zero-order valence-corrected chi connectivity index (χ0v) is 10.6. The second kappa shape index (κ2) is 4.96. The molecule has 1 aromatic heterocycles. The molecular formula is C14H15NO3. The number of nitrogens with zero attached hydrogens (tertiary/aromatic N) is 1. The first-order valence-corrected chi connectivity index (χ1v) is 5.57. The third-order valence-corrected chi connectivity index (χ3v) is 2.70. The summed E-state index contributed by atoms with van der Waals surface area (Å²) >= 11 is 0. The Morgan fingerprint density at radius 2 is 1.83 bits per heavy atom. The summed E-state index contributed by atoms with van der Waals surface area (Å²) in [7, 11) is 3.16. The van der Waals surface area contributed by atoms with Crippen molar-refractivity contribution in [1.29, 1.82) is 0 Å². The van der Waals surface area contributed by atoms with Gasteiger partial charge in [0.2, 0.25) is 0 Å². The molecular weight excluding hydrogens is 230 g/mol. The largest absolute Gasteiger partial charge is 0.497 e. The summed E-state index contributed by atoms with van der Waals surface area (Å²) in [5.41, 5.74) is 1.57. The van der Waals surface area contributed by atoms with Crippen LogP contribution in [-0.2, 0) is 0 Å². The van der Waals surface area contributed by atoms with Gasteiger partial charge in [-0.2, -0.15) is 0 Å². The van der Waals surface area contributed by atoms with Crippen LogP contribution in [0.25, 0.3) is 5.69 Å². The van der Waals surface area contributed by atoms with Crippen LogP contribution in [0.4, 0.5) is 0 Å². The molecule has 0 saturated heterocycles. The van der Waals surface area contributed by atoms with Crippen LogP contribution >= 0.6 is 0 Å². The normalized spacial score (nSPS) is 10.2. The lowest BCUT2D eigenvalue weighted by atomic mass is 10.2. The maximum absolute atomic E-state index is 11.9. The Bertz CT molecular complexity index is 617. The Morgan fingerprint density at radius 3 is 2.50 bits per heavy atom. The molecule has 0 unspecified atom stereocenters. The molecule has 4 nitrogen and oxygen atoms in total. The highest BCUT2D eigenvalue weighted by Gasteiger charge is 2.08. The van der Waals surface area contributed by atoms with E-state index in [2.05, 4.69) is 0 Å². The number of hydrogen-bond donors (Lipinski definition) is 0. The first-order valence-electron chi connectivity index (χ1n) is 5.57. The third-order valence-electron chi connectivity index (χ3n) is 2.70. The van der Waals surface area contributed by atoms with Crippen molar-refractivity contribution in [2.75, 3.05) is 14.2 Å². The fourth-order valence-corrected chi connectivity index (χ4v) is 1.77. The molecule has 94 valence electrons. The lowest BCUT2D eigenvalue weighted by Gasteiger charge is -2.12. The fraction of sp³-hybridized carbons (Fsp3) is 0.214. The monoisotopic (exact) mass is 245 g/mol. The number of benzene rings is 1. The van der Waals surface area contributed by atoms with E-state index in [1.165, 1.54) is 6.07 Å². The molecule has 1 heterocycles. The van der Waals surface area contributed by atoms with Crippen molar-refractivity contribution in [3.05, 3.63) is 52.4 Å². The molecule has 4 heteroatoms. The number of pyridine rings is 1. The molecule has 0 aliphatic heterocycles. The van der Waals surface area contributed by atoms with Crippen molar-refractivity contribution in [2.45, 2.75) is 6.92 Å². The number of aryl methyl sites for hydroxylation is 1. The van der Waals surface area contributed by atoms with Crippen molar-refractivity contribution < 1.29 is 9.47 Å². The molecule has 0 atom stereocenters. The topological polar surface area (TPSA) is 40.5 Å². The van der Waals surface area contributed by atoms with Gasteiger partial charge in [-0.25, -0.2) is 0 Å². The lowest BCUT2D eigenvalue weighted by molar-refractivity contribution is 0.401. The highest BCUT2D eigenvalue weighted by molar-refractivity contribution is 5.51. The zero-order valence-electron chi connectivity index (χ0n) is 10.6. The molecule has 0 saturated carbocycles. The van der Waals surface area contributed by atoms with E-state index in [0.29, 0.717) is 17.2 Å². The molecule has 0 N–H and O–H groups in total. The van der Waals surface area contributed by atoms with Gasteiger partial charge in [-0.3, -0.25) is 9.36 Å². The molecule has 0 amide bonds. The minimum absolute atomic E-state index is 0.104. The summed E-state index contributed by atoms with van der Waals surface area (Å²) in [6, 6.07) is 8.67. The van der Waals surface area contributed by atoms with Crippen LogP contribution in [-0.4, -0.2) is 18.8 Å². The van der Waals surface area contributed by atoms with Crippen molar-refractivity contribution in [3.63, 3.8) is 0 Å². The van der Waals surface area contributed by atoms with Crippen LogP contribution in [0.3, 0.4) is 0 Å². The summed E-state index contributed by atoms with van der Waals surface area (Å²) in [5, 5.41) is 0. The number of methoxy groups -OCH3 is 2. The Labute approximate surface area is 105 Å². The second-order valence-electron chi connectivity index (χ2n) is 3.95. The molecule has 18 heavy (non-hydrogen) atoms. The van der Waals surface area contributed by atoms with Gasteiger partial charge in [0.15, 0.2) is 0 Å². The standard InChI is InChI=1S/C14H15NO3/c1-10-4-7-14(16)15(9-10)12-8-11(17-2)5-6-13(12)18-3/h4-9H,1-3H3. The number of hydrogen-bond acceptors (Lipinski definition) is 3. The summed E-state index contributed by atoms with van der Waals surface area (Å²) in [4.78, 5) is 11.9. The van der Waals surface area contributed by atoms with Crippen molar-refractivity contribution in [3.8, 4) is 17.2 Å². The minimum Gasteiger partial charge on any atom is -0.497 e. The Balaban J connectivity index is 2.68. The van der Waals surface area contributed by atoms with Gasteiger partial charge in [0, 0.05) is 18.3 Å². The predicted molar refractivity (Wildman–Crippen MR) is 69.9 cm³/mol. The number of rotatable bonds is 3. The predicted octanol–water partition coefficient (Wildman–Crippen LogP) is 2.16.